The standard InChI is InChI=1S/C20H31N3O2/c1-16-15-23(13-10-21-16)19(17-8-7-9-18(14-17)25-2)20(24)22-11-5-3-4-6-12-22/h7-9,14,16,19,21H,3-6,10-13,15H2,1-2H3. The van der Waals surface area contributed by atoms with E-state index in [0.717, 1.165) is 56.9 Å². The molecule has 2 saturated heterocycles. The van der Waals surface area contributed by atoms with Crippen LogP contribution in [0.4, 0.5) is 0 Å². The lowest BCUT2D eigenvalue weighted by molar-refractivity contribution is -0.137. The Bertz CT molecular complexity index is 570. The highest BCUT2D eigenvalue weighted by molar-refractivity contribution is 5.83. The molecule has 0 aliphatic carbocycles. The molecule has 138 valence electrons. The predicted molar refractivity (Wildman–Crippen MR) is 99.8 cm³/mol. The molecule has 0 radical (unpaired) electrons. The van der Waals surface area contributed by atoms with Crippen molar-refractivity contribution >= 4 is 5.91 Å². The molecule has 2 aliphatic rings. The van der Waals surface area contributed by atoms with E-state index in [0.29, 0.717) is 6.04 Å². The van der Waals surface area contributed by atoms with E-state index in [1.807, 2.05) is 18.2 Å². The second kappa shape index (κ2) is 8.68. The number of nitrogens with zero attached hydrogens (tertiary/aromatic N) is 2. The van der Waals surface area contributed by atoms with Crippen LogP contribution in [0.2, 0.25) is 0 Å². The van der Waals surface area contributed by atoms with Crippen molar-refractivity contribution in [3.05, 3.63) is 29.8 Å². The van der Waals surface area contributed by atoms with Crippen molar-refractivity contribution < 1.29 is 9.53 Å². The molecule has 0 aromatic heterocycles. The van der Waals surface area contributed by atoms with E-state index < -0.39 is 0 Å². The fourth-order valence-corrected chi connectivity index (χ4v) is 3.98. The van der Waals surface area contributed by atoms with Gasteiger partial charge in [0.2, 0.25) is 5.91 Å². The average molecular weight is 345 g/mol. The van der Waals surface area contributed by atoms with Gasteiger partial charge in [0, 0.05) is 38.8 Å². The van der Waals surface area contributed by atoms with Crippen LogP contribution in [0.3, 0.4) is 0 Å². The molecular weight excluding hydrogens is 314 g/mol. The number of carbonyl (C=O) groups is 1. The summed E-state index contributed by atoms with van der Waals surface area (Å²) in [6, 6.07) is 8.21. The first kappa shape index (κ1) is 18.2. The zero-order valence-electron chi connectivity index (χ0n) is 15.5. The van der Waals surface area contributed by atoms with Crippen molar-refractivity contribution in [1.29, 1.82) is 0 Å². The monoisotopic (exact) mass is 345 g/mol. The number of benzene rings is 1. The number of methoxy groups -OCH3 is 1. The van der Waals surface area contributed by atoms with Crippen LogP contribution in [0.15, 0.2) is 24.3 Å². The van der Waals surface area contributed by atoms with Crippen molar-refractivity contribution in [3.63, 3.8) is 0 Å². The number of amides is 1. The summed E-state index contributed by atoms with van der Waals surface area (Å²) in [7, 11) is 1.68. The van der Waals surface area contributed by atoms with E-state index >= 15 is 0 Å². The molecule has 1 aromatic rings. The van der Waals surface area contributed by atoms with Gasteiger partial charge in [-0.2, -0.15) is 0 Å². The van der Waals surface area contributed by atoms with Gasteiger partial charge < -0.3 is 15.0 Å². The quantitative estimate of drug-likeness (QED) is 0.910. The van der Waals surface area contributed by atoms with Crippen LogP contribution in [0.25, 0.3) is 0 Å². The third-order valence-corrected chi connectivity index (χ3v) is 5.33. The largest absolute Gasteiger partial charge is 0.497 e. The number of rotatable bonds is 4. The Morgan fingerprint density at radius 1 is 1.20 bits per heavy atom. The van der Waals surface area contributed by atoms with Gasteiger partial charge in [-0.3, -0.25) is 9.69 Å². The Kier molecular flexibility index (Phi) is 6.32. The first-order valence-electron chi connectivity index (χ1n) is 9.59. The van der Waals surface area contributed by atoms with Crippen LogP contribution in [0, 0.1) is 0 Å². The van der Waals surface area contributed by atoms with Crippen LogP contribution >= 0.6 is 0 Å². The SMILES string of the molecule is COc1cccc(C(C(=O)N2CCCCCC2)N2CCNC(C)C2)c1. The van der Waals surface area contributed by atoms with E-state index in [9.17, 15) is 4.79 Å². The van der Waals surface area contributed by atoms with Gasteiger partial charge in [0.25, 0.3) is 0 Å². The Balaban J connectivity index is 1.88. The highest BCUT2D eigenvalue weighted by Crippen LogP contribution is 2.28. The smallest absolute Gasteiger partial charge is 0.244 e. The second-order valence-electron chi connectivity index (χ2n) is 7.27. The Hall–Kier alpha value is -1.59. The molecular formula is C20H31N3O2. The maximum atomic E-state index is 13.5. The molecule has 2 unspecified atom stereocenters. The minimum atomic E-state index is -0.210. The van der Waals surface area contributed by atoms with E-state index in [1.54, 1.807) is 7.11 Å². The van der Waals surface area contributed by atoms with Gasteiger partial charge in [0.1, 0.15) is 11.8 Å². The van der Waals surface area contributed by atoms with Crippen LogP contribution < -0.4 is 10.1 Å². The van der Waals surface area contributed by atoms with Gasteiger partial charge in [-0.1, -0.05) is 25.0 Å². The molecule has 1 amide bonds. The van der Waals surface area contributed by atoms with Crippen molar-refractivity contribution in [1.82, 2.24) is 15.1 Å². The zero-order valence-corrected chi connectivity index (χ0v) is 15.5. The van der Waals surface area contributed by atoms with E-state index in [1.165, 1.54) is 12.8 Å². The maximum Gasteiger partial charge on any atom is 0.244 e. The number of piperazine rings is 1. The molecule has 1 N–H and O–H groups in total. The normalized spacial score (nSPS) is 23.8. The molecule has 2 aliphatic heterocycles. The summed E-state index contributed by atoms with van der Waals surface area (Å²) < 4.78 is 5.40. The summed E-state index contributed by atoms with van der Waals surface area (Å²) in [5, 5.41) is 3.48. The lowest BCUT2D eigenvalue weighted by Gasteiger charge is -2.39. The zero-order chi connectivity index (χ0) is 17.6. The number of ether oxygens (including phenoxy) is 1. The van der Waals surface area contributed by atoms with E-state index in [4.69, 9.17) is 4.74 Å². The molecule has 0 bridgehead atoms. The van der Waals surface area contributed by atoms with Crippen LogP contribution in [0.5, 0.6) is 5.75 Å². The van der Waals surface area contributed by atoms with Gasteiger partial charge in [-0.25, -0.2) is 0 Å². The van der Waals surface area contributed by atoms with Crippen molar-refractivity contribution in [2.45, 2.75) is 44.7 Å². The summed E-state index contributed by atoms with van der Waals surface area (Å²) >= 11 is 0. The van der Waals surface area contributed by atoms with Gasteiger partial charge in [0.15, 0.2) is 0 Å². The summed E-state index contributed by atoms with van der Waals surface area (Å²) in [4.78, 5) is 17.9. The maximum absolute atomic E-state index is 13.5. The van der Waals surface area contributed by atoms with Gasteiger partial charge in [0.05, 0.1) is 7.11 Å². The molecule has 25 heavy (non-hydrogen) atoms. The second-order valence-corrected chi connectivity index (χ2v) is 7.27. The first-order chi connectivity index (χ1) is 12.2. The van der Waals surface area contributed by atoms with Crippen molar-refractivity contribution in [3.8, 4) is 5.75 Å². The third-order valence-electron chi connectivity index (χ3n) is 5.33. The van der Waals surface area contributed by atoms with Crippen LogP contribution in [-0.4, -0.2) is 61.6 Å². The summed E-state index contributed by atoms with van der Waals surface area (Å²) in [6.45, 7) is 6.68. The Morgan fingerprint density at radius 3 is 2.64 bits per heavy atom. The minimum Gasteiger partial charge on any atom is -0.497 e. The van der Waals surface area contributed by atoms with Crippen molar-refractivity contribution in [2.24, 2.45) is 0 Å². The molecule has 2 fully saturated rings. The Morgan fingerprint density at radius 2 is 1.96 bits per heavy atom. The number of hydrogen-bond donors (Lipinski definition) is 1. The van der Waals surface area contributed by atoms with Crippen LogP contribution in [0.1, 0.15) is 44.2 Å². The van der Waals surface area contributed by atoms with Crippen LogP contribution in [-0.2, 0) is 4.79 Å². The highest BCUT2D eigenvalue weighted by atomic mass is 16.5. The summed E-state index contributed by atoms with van der Waals surface area (Å²) in [5.41, 5.74) is 1.04. The molecule has 0 spiro atoms. The van der Waals surface area contributed by atoms with Crippen molar-refractivity contribution in [2.75, 3.05) is 39.8 Å². The van der Waals surface area contributed by atoms with E-state index in [2.05, 4.69) is 28.1 Å². The third kappa shape index (κ3) is 4.53. The topological polar surface area (TPSA) is 44.8 Å². The number of likely N-dealkylation sites (tertiary alicyclic amines) is 1. The fourth-order valence-electron chi connectivity index (χ4n) is 3.98. The fraction of sp³-hybridized carbons (Fsp3) is 0.650. The number of carbonyl (C=O) groups excluding carboxylic acids is 1. The van der Waals surface area contributed by atoms with Gasteiger partial charge >= 0.3 is 0 Å². The summed E-state index contributed by atoms with van der Waals surface area (Å²) in [6.07, 6.45) is 4.71. The average Bonchev–Trinajstić information content (AvgIpc) is 2.91. The number of nitrogens with one attached hydrogen (secondary N) is 1. The highest BCUT2D eigenvalue weighted by Gasteiger charge is 2.33. The lowest BCUT2D eigenvalue weighted by Crippen LogP contribution is -2.53. The molecule has 1 aromatic carbocycles. The molecule has 0 saturated carbocycles. The van der Waals surface area contributed by atoms with Gasteiger partial charge in [-0.05, 0) is 37.5 Å². The lowest BCUT2D eigenvalue weighted by atomic mass is 10.0. The molecule has 5 heteroatoms. The number of hydrogen-bond acceptors (Lipinski definition) is 4. The molecule has 2 atom stereocenters. The first-order valence-corrected chi connectivity index (χ1v) is 9.59. The Labute approximate surface area is 151 Å². The molecule has 5 nitrogen and oxygen atoms in total. The molecule has 3 rings (SSSR count). The van der Waals surface area contributed by atoms with E-state index in [-0.39, 0.29) is 11.9 Å². The molecule has 2 heterocycles. The van der Waals surface area contributed by atoms with Gasteiger partial charge in [-0.15, -0.1) is 0 Å². The summed E-state index contributed by atoms with van der Waals surface area (Å²) in [5.74, 6) is 1.07. The predicted octanol–water partition coefficient (Wildman–Crippen LogP) is 2.43. The minimum absolute atomic E-state index is 0.210.